The van der Waals surface area contributed by atoms with Crippen LogP contribution in [0.25, 0.3) is 0 Å². The van der Waals surface area contributed by atoms with Gasteiger partial charge in [0.15, 0.2) is 0 Å². The molecule has 1 fully saturated rings. The molecule has 1 aliphatic rings. The molecule has 8 heteroatoms. The van der Waals surface area contributed by atoms with Crippen molar-refractivity contribution >= 4 is 17.7 Å². The molecule has 0 bridgehead atoms. The zero-order valence-electron chi connectivity index (χ0n) is 14.5. The van der Waals surface area contributed by atoms with Gasteiger partial charge < -0.3 is 14.8 Å². The van der Waals surface area contributed by atoms with Crippen molar-refractivity contribution in [3.63, 3.8) is 0 Å². The van der Waals surface area contributed by atoms with Gasteiger partial charge in [-0.2, -0.15) is 0 Å². The lowest BCUT2D eigenvalue weighted by Crippen LogP contribution is -2.44. The largest absolute Gasteiger partial charge is 0.457 e. The smallest absolute Gasteiger partial charge is 0.408 e. The quantitative estimate of drug-likeness (QED) is 0.507. The summed E-state index contributed by atoms with van der Waals surface area (Å²) < 4.78 is 10.7. The van der Waals surface area contributed by atoms with Gasteiger partial charge in [-0.25, -0.2) is 9.59 Å². The third kappa shape index (κ3) is 5.44. The third-order valence-electron chi connectivity index (χ3n) is 3.73. The first-order chi connectivity index (χ1) is 11.7. The molecule has 2 rings (SSSR count). The molecular weight excluding hydrogens is 328 g/mol. The molecule has 1 amide bonds. The van der Waals surface area contributed by atoms with Crippen LogP contribution in [0, 0.1) is 10.1 Å². The lowest BCUT2D eigenvalue weighted by atomic mass is 10.2. The van der Waals surface area contributed by atoms with Crippen LogP contribution >= 0.6 is 0 Å². The van der Waals surface area contributed by atoms with Gasteiger partial charge in [0.1, 0.15) is 11.7 Å². The summed E-state index contributed by atoms with van der Waals surface area (Å²) in [7, 11) is 0. The molecular formula is C17H22N2O6. The van der Waals surface area contributed by atoms with E-state index in [1.165, 1.54) is 24.3 Å². The van der Waals surface area contributed by atoms with Crippen LogP contribution in [0.15, 0.2) is 24.3 Å². The fraction of sp³-hybridized carbons (Fsp3) is 0.529. The zero-order chi connectivity index (χ0) is 18.6. The van der Waals surface area contributed by atoms with E-state index >= 15 is 0 Å². The van der Waals surface area contributed by atoms with Crippen LogP contribution in [0.2, 0.25) is 0 Å². The molecule has 0 radical (unpaired) electrons. The molecule has 0 aliphatic heterocycles. The Labute approximate surface area is 145 Å². The molecule has 1 N–H and O–H groups in total. The van der Waals surface area contributed by atoms with Gasteiger partial charge >= 0.3 is 12.1 Å². The number of rotatable bonds is 4. The summed E-state index contributed by atoms with van der Waals surface area (Å²) in [6.45, 7) is 5.31. The maximum atomic E-state index is 12.2. The maximum Gasteiger partial charge on any atom is 0.408 e. The van der Waals surface area contributed by atoms with E-state index in [2.05, 4.69) is 5.32 Å². The predicted octanol–water partition coefficient (Wildman–Crippen LogP) is 3.20. The molecule has 1 aromatic rings. The Kier molecular flexibility index (Phi) is 5.61. The Hall–Kier alpha value is -2.64. The molecule has 0 saturated heterocycles. The highest BCUT2D eigenvalue weighted by molar-refractivity contribution is 5.89. The van der Waals surface area contributed by atoms with Crippen molar-refractivity contribution in [3.8, 4) is 0 Å². The number of ether oxygens (including phenoxy) is 2. The number of nitrogens with zero attached hydrogens (tertiary/aromatic N) is 1. The Bertz CT molecular complexity index is 650. The number of non-ortho nitro benzene ring substituents is 1. The van der Waals surface area contributed by atoms with E-state index in [1.54, 1.807) is 20.8 Å². The predicted molar refractivity (Wildman–Crippen MR) is 89.3 cm³/mol. The van der Waals surface area contributed by atoms with E-state index in [1.807, 2.05) is 0 Å². The van der Waals surface area contributed by atoms with Gasteiger partial charge in [0.2, 0.25) is 0 Å². The number of alkyl carbamates (subject to hydrolysis) is 1. The van der Waals surface area contributed by atoms with E-state index < -0.39 is 28.7 Å². The second-order valence-corrected chi connectivity index (χ2v) is 6.93. The number of amides is 1. The van der Waals surface area contributed by atoms with Crippen molar-refractivity contribution in [3.05, 3.63) is 39.9 Å². The molecule has 0 aromatic heterocycles. The topological polar surface area (TPSA) is 108 Å². The van der Waals surface area contributed by atoms with E-state index in [-0.39, 0.29) is 17.3 Å². The molecule has 8 nitrogen and oxygen atoms in total. The van der Waals surface area contributed by atoms with Crippen molar-refractivity contribution in [1.82, 2.24) is 5.32 Å². The molecule has 0 heterocycles. The number of esters is 1. The van der Waals surface area contributed by atoms with Gasteiger partial charge in [0, 0.05) is 12.1 Å². The third-order valence-corrected chi connectivity index (χ3v) is 3.73. The fourth-order valence-electron chi connectivity index (χ4n) is 2.62. The monoisotopic (exact) mass is 350 g/mol. The van der Waals surface area contributed by atoms with Gasteiger partial charge in [0.25, 0.3) is 5.69 Å². The minimum absolute atomic E-state index is 0.0955. The molecule has 1 saturated carbocycles. The standard InChI is InChI=1S/C17H22N2O6/c1-17(2,3)25-16(21)18-13-5-4-6-14(13)24-15(20)11-7-9-12(10-8-11)19(22)23/h7-10,13-14H,4-6H2,1-3H3,(H,18,21)/t13-,14-/m1/s1. The Morgan fingerprint density at radius 3 is 2.40 bits per heavy atom. The number of carbonyl (C=O) groups excluding carboxylic acids is 2. The van der Waals surface area contributed by atoms with E-state index in [0.717, 1.165) is 6.42 Å². The number of nitro groups is 1. The van der Waals surface area contributed by atoms with Gasteiger partial charge in [-0.15, -0.1) is 0 Å². The van der Waals surface area contributed by atoms with Gasteiger partial charge in [-0.1, -0.05) is 0 Å². The lowest BCUT2D eigenvalue weighted by Gasteiger charge is -2.24. The van der Waals surface area contributed by atoms with Crippen molar-refractivity contribution in [2.75, 3.05) is 0 Å². The van der Waals surface area contributed by atoms with E-state index in [4.69, 9.17) is 9.47 Å². The van der Waals surface area contributed by atoms with Crippen LogP contribution in [-0.2, 0) is 9.47 Å². The number of nitro benzene ring substituents is 1. The van der Waals surface area contributed by atoms with Gasteiger partial charge in [-0.3, -0.25) is 10.1 Å². The summed E-state index contributed by atoms with van der Waals surface area (Å²) in [5.41, 5.74) is -0.469. The first-order valence-electron chi connectivity index (χ1n) is 8.10. The van der Waals surface area contributed by atoms with Crippen molar-refractivity contribution in [1.29, 1.82) is 0 Å². The molecule has 0 spiro atoms. The van der Waals surface area contributed by atoms with Crippen LogP contribution in [-0.4, -0.2) is 34.7 Å². The highest BCUT2D eigenvalue weighted by atomic mass is 16.6. The van der Waals surface area contributed by atoms with Crippen LogP contribution in [0.3, 0.4) is 0 Å². The zero-order valence-corrected chi connectivity index (χ0v) is 14.5. The number of carbonyl (C=O) groups is 2. The highest BCUT2D eigenvalue weighted by Gasteiger charge is 2.33. The SMILES string of the molecule is CC(C)(C)OC(=O)N[C@@H]1CCC[C@H]1OC(=O)c1ccc([N+](=O)[O-])cc1. The van der Waals surface area contributed by atoms with Crippen molar-refractivity contribution in [2.24, 2.45) is 0 Å². The first-order valence-corrected chi connectivity index (χ1v) is 8.10. The Morgan fingerprint density at radius 1 is 1.20 bits per heavy atom. The average molecular weight is 350 g/mol. The maximum absolute atomic E-state index is 12.2. The van der Waals surface area contributed by atoms with Crippen molar-refractivity contribution < 1.29 is 24.0 Å². The lowest BCUT2D eigenvalue weighted by molar-refractivity contribution is -0.384. The number of hydrogen-bond acceptors (Lipinski definition) is 6. The Balaban J connectivity index is 1.94. The number of nitrogens with one attached hydrogen (secondary N) is 1. The molecule has 136 valence electrons. The van der Waals surface area contributed by atoms with Crippen LogP contribution < -0.4 is 5.32 Å². The average Bonchev–Trinajstić information content (AvgIpc) is 2.92. The molecule has 1 aromatic carbocycles. The summed E-state index contributed by atoms with van der Waals surface area (Å²) in [4.78, 5) is 34.2. The molecule has 1 aliphatic carbocycles. The summed E-state index contributed by atoms with van der Waals surface area (Å²) >= 11 is 0. The summed E-state index contributed by atoms with van der Waals surface area (Å²) in [5, 5.41) is 13.4. The summed E-state index contributed by atoms with van der Waals surface area (Å²) in [6.07, 6.45) is 1.15. The van der Waals surface area contributed by atoms with Crippen molar-refractivity contribution in [2.45, 2.75) is 57.8 Å². The fourth-order valence-corrected chi connectivity index (χ4v) is 2.62. The Morgan fingerprint density at radius 2 is 1.84 bits per heavy atom. The minimum atomic E-state index is -0.604. The summed E-state index contributed by atoms with van der Waals surface area (Å²) in [5.74, 6) is -0.571. The molecule has 2 atom stereocenters. The number of hydrogen-bond donors (Lipinski definition) is 1. The van der Waals surface area contributed by atoms with E-state index in [0.29, 0.717) is 12.8 Å². The number of benzene rings is 1. The first kappa shape index (κ1) is 18.7. The summed E-state index contributed by atoms with van der Waals surface area (Å²) in [6, 6.07) is 4.90. The second-order valence-electron chi connectivity index (χ2n) is 6.93. The highest BCUT2D eigenvalue weighted by Crippen LogP contribution is 2.24. The normalized spacial score (nSPS) is 20.0. The van der Waals surface area contributed by atoms with Crippen LogP contribution in [0.1, 0.15) is 50.4 Å². The van der Waals surface area contributed by atoms with Crippen LogP contribution in [0.5, 0.6) is 0 Å². The van der Waals surface area contributed by atoms with E-state index in [9.17, 15) is 19.7 Å². The molecule has 0 unspecified atom stereocenters. The minimum Gasteiger partial charge on any atom is -0.457 e. The van der Waals surface area contributed by atoms with Gasteiger partial charge in [-0.05, 0) is 52.2 Å². The van der Waals surface area contributed by atoms with Gasteiger partial charge in [0.05, 0.1) is 16.5 Å². The molecule has 25 heavy (non-hydrogen) atoms. The second kappa shape index (κ2) is 7.50. The van der Waals surface area contributed by atoms with Crippen LogP contribution in [0.4, 0.5) is 10.5 Å².